The quantitative estimate of drug-likeness (QED) is 0.478. The molecule has 4 nitrogen and oxygen atoms in total. The van der Waals surface area contributed by atoms with Crippen LogP contribution in [0.25, 0.3) is 22.5 Å². The number of carbonyl (C=O) groups is 1. The predicted octanol–water partition coefficient (Wildman–Crippen LogP) is 6.51. The maximum absolute atomic E-state index is 10.7. The van der Waals surface area contributed by atoms with Crippen molar-refractivity contribution in [1.82, 2.24) is 9.97 Å². The van der Waals surface area contributed by atoms with Crippen LogP contribution in [-0.4, -0.2) is 21.0 Å². The molecule has 2 aromatic carbocycles. The van der Waals surface area contributed by atoms with Crippen LogP contribution in [-0.2, 0) is 11.2 Å². The summed E-state index contributed by atoms with van der Waals surface area (Å²) in [5, 5.41) is 8.81. The fraction of sp³-hybridized carbons (Fsp3) is 0.370. The zero-order valence-corrected chi connectivity index (χ0v) is 18.1. The number of aliphatic carboxylic acids is 1. The highest BCUT2D eigenvalue weighted by atomic mass is 16.4. The number of benzene rings is 2. The summed E-state index contributed by atoms with van der Waals surface area (Å²) in [5.74, 6) is 1.53. The molecule has 1 aliphatic carbocycles. The molecule has 1 aromatic heterocycles. The first kappa shape index (κ1) is 21.2. The van der Waals surface area contributed by atoms with Crippen LogP contribution in [0.15, 0.2) is 60.9 Å². The molecule has 0 saturated heterocycles. The Balaban J connectivity index is 1.40. The van der Waals surface area contributed by atoms with E-state index in [2.05, 4.69) is 41.2 Å². The molecule has 0 amide bonds. The molecule has 160 valence electrons. The maximum Gasteiger partial charge on any atom is 0.303 e. The lowest BCUT2D eigenvalue weighted by Crippen LogP contribution is -2.12. The second-order valence-corrected chi connectivity index (χ2v) is 8.63. The monoisotopic (exact) mass is 414 g/mol. The minimum Gasteiger partial charge on any atom is -0.481 e. The highest BCUT2D eigenvalue weighted by Gasteiger charge is 2.21. The van der Waals surface area contributed by atoms with E-state index in [-0.39, 0.29) is 6.42 Å². The molecular weight excluding hydrogens is 384 g/mol. The Labute approximate surface area is 184 Å². The van der Waals surface area contributed by atoms with E-state index in [1.54, 1.807) is 0 Å². The first-order chi connectivity index (χ1) is 15.1. The molecule has 4 rings (SSSR count). The predicted molar refractivity (Wildman–Crippen MR) is 124 cm³/mol. The second kappa shape index (κ2) is 9.86. The SMILES string of the molecule is CCC1CCC(c2ccc(-c3cnc(-c4ccc(CCC(=O)O)cc4)nc3)cc2)CC1. The zero-order valence-electron chi connectivity index (χ0n) is 18.1. The summed E-state index contributed by atoms with van der Waals surface area (Å²) in [6, 6.07) is 16.7. The molecule has 0 atom stereocenters. The average Bonchev–Trinajstić information content (AvgIpc) is 2.83. The smallest absolute Gasteiger partial charge is 0.303 e. The van der Waals surface area contributed by atoms with E-state index in [9.17, 15) is 4.79 Å². The van der Waals surface area contributed by atoms with Gasteiger partial charge in [0.15, 0.2) is 5.82 Å². The average molecular weight is 415 g/mol. The number of hydrogen-bond acceptors (Lipinski definition) is 3. The van der Waals surface area contributed by atoms with Gasteiger partial charge in [-0.2, -0.15) is 0 Å². The van der Waals surface area contributed by atoms with E-state index in [0.29, 0.717) is 18.2 Å². The molecule has 1 saturated carbocycles. The zero-order chi connectivity index (χ0) is 21.6. The van der Waals surface area contributed by atoms with Crippen LogP contribution in [0.5, 0.6) is 0 Å². The Kier molecular flexibility index (Phi) is 6.76. The van der Waals surface area contributed by atoms with Gasteiger partial charge < -0.3 is 5.11 Å². The summed E-state index contributed by atoms with van der Waals surface area (Å²) in [7, 11) is 0. The number of nitrogens with zero attached hydrogens (tertiary/aromatic N) is 2. The number of aromatic nitrogens is 2. The molecule has 3 aromatic rings. The first-order valence-electron chi connectivity index (χ1n) is 11.4. The van der Waals surface area contributed by atoms with Crippen molar-refractivity contribution >= 4 is 5.97 Å². The van der Waals surface area contributed by atoms with Gasteiger partial charge in [0.25, 0.3) is 0 Å². The van der Waals surface area contributed by atoms with Gasteiger partial charge in [-0.3, -0.25) is 4.79 Å². The lowest BCUT2D eigenvalue weighted by molar-refractivity contribution is -0.136. The molecule has 0 spiro atoms. The third-order valence-electron chi connectivity index (χ3n) is 6.63. The van der Waals surface area contributed by atoms with Crippen molar-refractivity contribution in [2.75, 3.05) is 0 Å². The number of aryl methyl sites for hydroxylation is 1. The van der Waals surface area contributed by atoms with E-state index in [1.807, 2.05) is 36.7 Å². The van der Waals surface area contributed by atoms with E-state index < -0.39 is 5.97 Å². The Morgan fingerprint density at radius 3 is 2.06 bits per heavy atom. The Bertz CT molecular complexity index is 987. The minimum absolute atomic E-state index is 0.142. The van der Waals surface area contributed by atoms with Crippen LogP contribution in [0.4, 0.5) is 0 Å². The van der Waals surface area contributed by atoms with Gasteiger partial charge in [0.05, 0.1) is 0 Å². The number of rotatable bonds is 7. The van der Waals surface area contributed by atoms with Crippen LogP contribution in [0.1, 0.15) is 62.5 Å². The van der Waals surface area contributed by atoms with Gasteiger partial charge in [0.2, 0.25) is 0 Å². The van der Waals surface area contributed by atoms with Gasteiger partial charge in [-0.15, -0.1) is 0 Å². The van der Waals surface area contributed by atoms with Gasteiger partial charge in [-0.25, -0.2) is 9.97 Å². The van der Waals surface area contributed by atoms with Crippen LogP contribution in [0.2, 0.25) is 0 Å². The van der Waals surface area contributed by atoms with Gasteiger partial charge in [0, 0.05) is 29.9 Å². The molecule has 0 radical (unpaired) electrons. The van der Waals surface area contributed by atoms with E-state index in [4.69, 9.17) is 5.11 Å². The Morgan fingerprint density at radius 2 is 1.48 bits per heavy atom. The second-order valence-electron chi connectivity index (χ2n) is 8.63. The Morgan fingerprint density at radius 1 is 0.871 bits per heavy atom. The van der Waals surface area contributed by atoms with Gasteiger partial charge in [0.1, 0.15) is 0 Å². The van der Waals surface area contributed by atoms with Crippen molar-refractivity contribution in [3.8, 4) is 22.5 Å². The largest absolute Gasteiger partial charge is 0.481 e. The third kappa shape index (κ3) is 5.38. The van der Waals surface area contributed by atoms with Crippen LogP contribution < -0.4 is 0 Å². The topological polar surface area (TPSA) is 63.1 Å². The van der Waals surface area contributed by atoms with Crippen molar-refractivity contribution in [3.63, 3.8) is 0 Å². The number of hydrogen-bond donors (Lipinski definition) is 1. The van der Waals surface area contributed by atoms with Crippen LogP contribution >= 0.6 is 0 Å². The maximum atomic E-state index is 10.7. The molecule has 1 N–H and O–H groups in total. The number of carboxylic acids is 1. The molecule has 1 fully saturated rings. The highest BCUT2D eigenvalue weighted by molar-refractivity contribution is 5.67. The summed E-state index contributed by atoms with van der Waals surface area (Å²) in [5.41, 5.74) is 5.55. The van der Waals surface area contributed by atoms with Crippen molar-refractivity contribution in [2.45, 2.75) is 57.8 Å². The van der Waals surface area contributed by atoms with Gasteiger partial charge >= 0.3 is 5.97 Å². The van der Waals surface area contributed by atoms with Crippen LogP contribution in [0, 0.1) is 5.92 Å². The normalized spacial score (nSPS) is 18.6. The van der Waals surface area contributed by atoms with Crippen molar-refractivity contribution in [3.05, 3.63) is 72.1 Å². The summed E-state index contributed by atoms with van der Waals surface area (Å²) in [6.07, 6.45) is 11.1. The third-order valence-corrected chi connectivity index (χ3v) is 6.63. The van der Waals surface area contributed by atoms with Crippen molar-refractivity contribution in [2.24, 2.45) is 5.92 Å². The first-order valence-corrected chi connectivity index (χ1v) is 11.4. The molecule has 4 heteroatoms. The minimum atomic E-state index is -0.778. The fourth-order valence-corrected chi connectivity index (χ4v) is 4.55. The summed E-state index contributed by atoms with van der Waals surface area (Å²) in [6.45, 7) is 2.31. The van der Waals surface area contributed by atoms with Crippen molar-refractivity contribution < 1.29 is 9.90 Å². The standard InChI is InChI=1S/C27H30N2O2/c1-2-19-3-8-21(9-4-19)22-12-14-23(15-13-22)25-17-28-27(29-18-25)24-10-5-20(6-11-24)7-16-26(30)31/h5-6,10-15,17-19,21H,2-4,7-9,16H2,1H3,(H,30,31). The lowest BCUT2D eigenvalue weighted by Gasteiger charge is -2.28. The molecular formula is C27H30N2O2. The molecule has 0 bridgehead atoms. The van der Waals surface area contributed by atoms with Crippen LogP contribution in [0.3, 0.4) is 0 Å². The van der Waals surface area contributed by atoms with Gasteiger partial charge in [-0.05, 0) is 60.6 Å². The fourth-order valence-electron chi connectivity index (χ4n) is 4.55. The highest BCUT2D eigenvalue weighted by Crippen LogP contribution is 2.37. The molecule has 31 heavy (non-hydrogen) atoms. The molecule has 0 aliphatic heterocycles. The van der Waals surface area contributed by atoms with E-state index in [1.165, 1.54) is 37.7 Å². The summed E-state index contributed by atoms with van der Waals surface area (Å²) >= 11 is 0. The molecule has 1 heterocycles. The Hall–Kier alpha value is -3.01. The molecule has 1 aliphatic rings. The molecule has 0 unspecified atom stereocenters. The van der Waals surface area contributed by atoms with E-state index >= 15 is 0 Å². The van der Waals surface area contributed by atoms with Crippen molar-refractivity contribution in [1.29, 1.82) is 0 Å². The number of carboxylic acid groups (broad SMARTS) is 1. The summed E-state index contributed by atoms with van der Waals surface area (Å²) in [4.78, 5) is 19.8. The van der Waals surface area contributed by atoms with Gasteiger partial charge in [-0.1, -0.05) is 61.9 Å². The lowest BCUT2D eigenvalue weighted by atomic mass is 9.78. The summed E-state index contributed by atoms with van der Waals surface area (Å²) < 4.78 is 0. The van der Waals surface area contributed by atoms with E-state index in [0.717, 1.165) is 28.2 Å².